The molecule has 0 radical (unpaired) electrons. The molecule has 0 N–H and O–H groups in total. The Morgan fingerprint density at radius 1 is 0.485 bits per heavy atom. The average molecular weight is 421 g/mol. The molecule has 0 atom stereocenters. The molecule has 2 heteroatoms. The third kappa shape index (κ3) is 2.71. The van der Waals surface area contributed by atoms with E-state index in [1.54, 1.807) is 0 Å². The van der Waals surface area contributed by atoms with Crippen LogP contribution in [0.25, 0.3) is 43.9 Å². The van der Waals surface area contributed by atoms with Gasteiger partial charge in [0.15, 0.2) is 0 Å². The van der Waals surface area contributed by atoms with Gasteiger partial charge in [0.1, 0.15) is 5.82 Å². The van der Waals surface area contributed by atoms with Crippen molar-refractivity contribution < 1.29 is 0 Å². The average Bonchev–Trinajstić information content (AvgIpc) is 3.21. The summed E-state index contributed by atoms with van der Waals surface area (Å²) in [6.07, 6.45) is 0. The van der Waals surface area contributed by atoms with E-state index in [9.17, 15) is 0 Å². The van der Waals surface area contributed by atoms with E-state index >= 15 is 0 Å². The fraction of sp³-hybridized carbons (Fsp3) is 0. The Labute approximate surface area is 192 Å². The molecule has 7 rings (SSSR count). The monoisotopic (exact) mass is 420 g/mol. The smallest absolute Gasteiger partial charge is 0.138 e. The lowest BCUT2D eigenvalue weighted by atomic mass is 10.0. The van der Waals surface area contributed by atoms with Gasteiger partial charge in [-0.3, -0.25) is 4.90 Å². The van der Waals surface area contributed by atoms with Gasteiger partial charge in [0.25, 0.3) is 0 Å². The van der Waals surface area contributed by atoms with E-state index in [4.69, 9.17) is 4.98 Å². The molecule has 1 aliphatic carbocycles. The van der Waals surface area contributed by atoms with Crippen molar-refractivity contribution in [3.8, 4) is 22.3 Å². The van der Waals surface area contributed by atoms with E-state index in [2.05, 4.69) is 120 Å². The maximum Gasteiger partial charge on any atom is 0.138 e. The number of nitrogens with zero attached hydrogens (tertiary/aromatic N) is 2. The zero-order chi connectivity index (χ0) is 21.8. The number of rotatable bonds is 3. The molecule has 154 valence electrons. The van der Waals surface area contributed by atoms with Crippen LogP contribution in [0.15, 0.2) is 121 Å². The van der Waals surface area contributed by atoms with Crippen molar-refractivity contribution in [1.82, 2.24) is 4.98 Å². The fourth-order valence-corrected chi connectivity index (χ4v) is 5.14. The van der Waals surface area contributed by atoms with Crippen LogP contribution in [0.2, 0.25) is 0 Å². The number of anilines is 3. The molecular formula is C31H20N2. The van der Waals surface area contributed by atoms with Gasteiger partial charge in [0.2, 0.25) is 0 Å². The Bertz CT molecular complexity index is 1640. The van der Waals surface area contributed by atoms with Crippen LogP contribution >= 0.6 is 0 Å². The van der Waals surface area contributed by atoms with Crippen LogP contribution in [0.4, 0.5) is 17.2 Å². The van der Waals surface area contributed by atoms with Gasteiger partial charge in [-0.1, -0.05) is 84.9 Å². The molecule has 6 aromatic rings. The third-order valence-corrected chi connectivity index (χ3v) is 6.59. The molecular weight excluding hydrogens is 400 g/mol. The number of aromatic nitrogens is 1. The van der Waals surface area contributed by atoms with Crippen LogP contribution in [0.1, 0.15) is 0 Å². The van der Waals surface area contributed by atoms with Crippen LogP contribution in [0, 0.1) is 0 Å². The number of para-hydroxylation sites is 2. The van der Waals surface area contributed by atoms with Crippen molar-refractivity contribution in [2.24, 2.45) is 0 Å². The van der Waals surface area contributed by atoms with E-state index < -0.39 is 0 Å². The summed E-state index contributed by atoms with van der Waals surface area (Å²) in [5.41, 5.74) is 8.46. The number of hydrogen-bond donors (Lipinski definition) is 0. The number of pyridine rings is 1. The van der Waals surface area contributed by atoms with Gasteiger partial charge >= 0.3 is 0 Å². The second-order valence-corrected chi connectivity index (χ2v) is 8.44. The number of hydrogen-bond acceptors (Lipinski definition) is 2. The van der Waals surface area contributed by atoms with E-state index in [0.717, 1.165) is 28.1 Å². The van der Waals surface area contributed by atoms with Crippen molar-refractivity contribution in [2.45, 2.75) is 0 Å². The summed E-state index contributed by atoms with van der Waals surface area (Å²) < 4.78 is 0. The zero-order valence-electron chi connectivity index (χ0n) is 17.9. The Kier molecular flexibility index (Phi) is 3.88. The molecule has 0 aliphatic heterocycles. The number of fused-ring (bicyclic) bond motifs is 4. The Balaban J connectivity index is 1.52. The summed E-state index contributed by atoms with van der Waals surface area (Å²) >= 11 is 0. The third-order valence-electron chi connectivity index (χ3n) is 6.59. The molecule has 5 aromatic carbocycles. The molecule has 33 heavy (non-hydrogen) atoms. The lowest BCUT2D eigenvalue weighted by Gasteiger charge is -2.26. The quantitative estimate of drug-likeness (QED) is 0.285. The largest absolute Gasteiger partial charge is 0.294 e. The van der Waals surface area contributed by atoms with Gasteiger partial charge < -0.3 is 0 Å². The lowest BCUT2D eigenvalue weighted by Crippen LogP contribution is -2.12. The van der Waals surface area contributed by atoms with E-state index in [1.807, 2.05) is 6.07 Å². The highest BCUT2D eigenvalue weighted by Gasteiger charge is 2.24. The Morgan fingerprint density at radius 2 is 1.18 bits per heavy atom. The number of benzene rings is 5. The van der Waals surface area contributed by atoms with Crippen LogP contribution in [-0.2, 0) is 0 Å². The summed E-state index contributed by atoms with van der Waals surface area (Å²) in [4.78, 5) is 7.34. The minimum absolute atomic E-state index is 0.913. The van der Waals surface area contributed by atoms with Crippen molar-refractivity contribution >= 4 is 38.9 Å². The van der Waals surface area contributed by atoms with Crippen molar-refractivity contribution in [2.75, 3.05) is 4.90 Å². The predicted molar refractivity (Wildman–Crippen MR) is 138 cm³/mol. The fourth-order valence-electron chi connectivity index (χ4n) is 5.14. The second kappa shape index (κ2) is 7.04. The van der Waals surface area contributed by atoms with Gasteiger partial charge in [0.05, 0.1) is 11.2 Å². The molecule has 0 unspecified atom stereocenters. The van der Waals surface area contributed by atoms with Gasteiger partial charge in [-0.25, -0.2) is 4.98 Å². The first-order valence-electron chi connectivity index (χ1n) is 11.2. The molecule has 1 aliphatic rings. The summed E-state index contributed by atoms with van der Waals surface area (Å²) in [6.45, 7) is 0. The topological polar surface area (TPSA) is 16.1 Å². The maximum absolute atomic E-state index is 5.06. The Hall–Kier alpha value is -4.43. The first-order chi connectivity index (χ1) is 16.4. The SMILES string of the molecule is c1ccc(N(c2ccc3ccccc3n2)c2ccc3c4c(cccc24)-c2ccccc2-3)cc1. The van der Waals surface area contributed by atoms with Gasteiger partial charge in [0, 0.05) is 16.5 Å². The molecule has 0 bridgehead atoms. The highest BCUT2D eigenvalue weighted by Crippen LogP contribution is 2.50. The van der Waals surface area contributed by atoms with Crippen LogP contribution in [0.5, 0.6) is 0 Å². The standard InChI is InChI=1S/C31H20N2/c1-2-10-22(11-3-1)33(30-20-17-21-9-4-7-16-28(21)32-30)29-19-18-26-24-13-6-5-12-23(24)25-14-8-15-27(29)31(25)26/h1-20H. The highest BCUT2D eigenvalue weighted by atomic mass is 15.2. The van der Waals surface area contributed by atoms with E-state index in [-0.39, 0.29) is 0 Å². The highest BCUT2D eigenvalue weighted by molar-refractivity contribution is 6.19. The molecule has 0 saturated carbocycles. The summed E-state index contributed by atoms with van der Waals surface area (Å²) in [5, 5.41) is 3.70. The predicted octanol–water partition coefficient (Wildman–Crippen LogP) is 8.51. The normalized spacial score (nSPS) is 11.6. The van der Waals surface area contributed by atoms with Crippen molar-refractivity contribution in [1.29, 1.82) is 0 Å². The van der Waals surface area contributed by atoms with Crippen molar-refractivity contribution in [3.63, 3.8) is 0 Å². The minimum Gasteiger partial charge on any atom is -0.294 e. The van der Waals surface area contributed by atoms with Crippen LogP contribution in [0.3, 0.4) is 0 Å². The molecule has 1 heterocycles. The molecule has 0 fully saturated rings. The first kappa shape index (κ1) is 18.2. The van der Waals surface area contributed by atoms with Gasteiger partial charge in [-0.15, -0.1) is 0 Å². The summed E-state index contributed by atoms with van der Waals surface area (Å²) in [7, 11) is 0. The molecule has 0 amide bonds. The van der Waals surface area contributed by atoms with Crippen LogP contribution < -0.4 is 4.90 Å². The molecule has 1 aromatic heterocycles. The van der Waals surface area contributed by atoms with Gasteiger partial charge in [-0.05, 0) is 64.0 Å². The first-order valence-corrected chi connectivity index (χ1v) is 11.2. The maximum atomic E-state index is 5.06. The summed E-state index contributed by atoms with van der Waals surface area (Å²) in [6, 6.07) is 42.9. The van der Waals surface area contributed by atoms with Crippen LogP contribution in [-0.4, -0.2) is 4.98 Å². The van der Waals surface area contributed by atoms with E-state index in [0.29, 0.717) is 0 Å². The molecule has 0 saturated heterocycles. The Morgan fingerprint density at radius 3 is 2.03 bits per heavy atom. The molecule has 0 spiro atoms. The summed E-state index contributed by atoms with van der Waals surface area (Å²) in [5.74, 6) is 0.913. The van der Waals surface area contributed by atoms with Crippen molar-refractivity contribution in [3.05, 3.63) is 121 Å². The zero-order valence-corrected chi connectivity index (χ0v) is 17.9. The second-order valence-electron chi connectivity index (χ2n) is 8.44. The lowest BCUT2D eigenvalue weighted by molar-refractivity contribution is 1.22. The molecule has 2 nitrogen and oxygen atoms in total. The van der Waals surface area contributed by atoms with E-state index in [1.165, 1.54) is 33.0 Å². The minimum atomic E-state index is 0.913. The van der Waals surface area contributed by atoms with Gasteiger partial charge in [-0.2, -0.15) is 0 Å².